The first-order valence-corrected chi connectivity index (χ1v) is 16.2. The third-order valence-electron chi connectivity index (χ3n) is 8.92. The number of rotatable bonds is 7. The molecule has 262 valence electrons. The Bertz CT molecular complexity index is 2120. The lowest BCUT2D eigenvalue weighted by Gasteiger charge is -2.44. The highest BCUT2D eigenvalue weighted by Gasteiger charge is 2.55. The molecule has 6 rings (SSSR count). The van der Waals surface area contributed by atoms with Gasteiger partial charge in [0.1, 0.15) is 52.6 Å². The Labute approximate surface area is 299 Å². The third-order valence-corrected chi connectivity index (χ3v) is 8.92. The van der Waals surface area contributed by atoms with Crippen molar-refractivity contribution in [3.63, 3.8) is 0 Å². The average molecular weight is 706 g/mol. The van der Waals surface area contributed by atoms with Gasteiger partial charge in [0.05, 0.1) is 14.2 Å². The Kier molecular flexibility index (Phi) is 10.0. The van der Waals surface area contributed by atoms with E-state index in [1.54, 1.807) is 54.6 Å². The van der Waals surface area contributed by atoms with Crippen molar-refractivity contribution in [2.24, 2.45) is 4.99 Å². The number of pyridine rings is 1. The van der Waals surface area contributed by atoms with Crippen LogP contribution in [0.5, 0.6) is 11.5 Å². The van der Waals surface area contributed by atoms with Gasteiger partial charge in [0.15, 0.2) is 6.04 Å². The summed E-state index contributed by atoms with van der Waals surface area (Å²) in [6, 6.07) is 29.7. The van der Waals surface area contributed by atoms with Gasteiger partial charge in [-0.25, -0.2) is 9.37 Å². The minimum Gasteiger partial charge on any atom is -0.497 e. The molecule has 0 saturated carbocycles. The van der Waals surface area contributed by atoms with E-state index in [2.05, 4.69) is 21.8 Å². The van der Waals surface area contributed by atoms with Gasteiger partial charge in [-0.15, -0.1) is 0 Å². The molecule has 5 aromatic rings. The van der Waals surface area contributed by atoms with Gasteiger partial charge >= 0.3 is 12.2 Å². The van der Waals surface area contributed by atoms with E-state index in [4.69, 9.17) is 19.5 Å². The first-order chi connectivity index (χ1) is 25.0. The molecule has 0 saturated heterocycles. The molecule has 0 fully saturated rings. The number of nitrogens with zero attached hydrogens (tertiary/aromatic N) is 4. The van der Waals surface area contributed by atoms with Crippen molar-refractivity contribution in [3.8, 4) is 29.4 Å². The topological polar surface area (TPSA) is 76.7 Å². The molecule has 7 nitrogen and oxygen atoms in total. The number of hydrogen-bond donors (Lipinski definition) is 0. The van der Waals surface area contributed by atoms with Crippen molar-refractivity contribution in [1.82, 2.24) is 9.47 Å². The summed E-state index contributed by atoms with van der Waals surface area (Å²) in [6.45, 7) is 1.53. The fourth-order valence-corrected chi connectivity index (χ4v) is 6.19. The van der Waals surface area contributed by atoms with E-state index in [0.717, 1.165) is 11.6 Å². The van der Waals surface area contributed by atoms with Crippen molar-refractivity contribution < 1.29 is 31.8 Å². The SMILES string of the molecule is COc1ccc([N+](Cc2ccccc2)(C2=N[C@H](C(F)(F)F)C[C@@](C)(c3cc(C#Cc4ccc(C#N)nc4)ccc3F)O2)c2ccc(OC)cc2)cc1. The summed E-state index contributed by atoms with van der Waals surface area (Å²) >= 11 is 0. The lowest BCUT2D eigenvalue weighted by Crippen LogP contribution is -2.57. The number of alkyl halides is 3. The molecule has 0 radical (unpaired) electrons. The van der Waals surface area contributed by atoms with E-state index in [1.165, 1.54) is 45.5 Å². The summed E-state index contributed by atoms with van der Waals surface area (Å²) in [5.74, 6) is 6.17. The Morgan fingerprint density at radius 2 is 1.44 bits per heavy atom. The van der Waals surface area contributed by atoms with Crippen LogP contribution in [-0.2, 0) is 16.9 Å². The monoisotopic (exact) mass is 705 g/mol. The first-order valence-electron chi connectivity index (χ1n) is 16.2. The predicted molar refractivity (Wildman–Crippen MR) is 189 cm³/mol. The minimum absolute atomic E-state index is 0.0889. The molecule has 1 aromatic heterocycles. The number of methoxy groups -OCH3 is 2. The maximum atomic E-state index is 15.9. The van der Waals surface area contributed by atoms with Crippen LogP contribution < -0.4 is 14.0 Å². The Morgan fingerprint density at radius 3 is 1.98 bits per heavy atom. The van der Waals surface area contributed by atoms with Gasteiger partial charge in [0, 0.05) is 59.1 Å². The van der Waals surface area contributed by atoms with Gasteiger partial charge in [0.25, 0.3) is 0 Å². The zero-order valence-electron chi connectivity index (χ0n) is 28.5. The summed E-state index contributed by atoms with van der Waals surface area (Å²) in [5, 5.41) is 9.04. The molecule has 1 aliphatic heterocycles. The normalized spacial score (nSPS) is 17.1. The smallest absolute Gasteiger partial charge is 0.411 e. The number of ether oxygens (including phenoxy) is 3. The molecule has 0 aliphatic carbocycles. The number of aliphatic imine (C=N–C) groups is 1. The molecule has 52 heavy (non-hydrogen) atoms. The molecule has 4 aromatic carbocycles. The number of amidine groups is 1. The molecule has 11 heteroatoms. The van der Waals surface area contributed by atoms with E-state index in [0.29, 0.717) is 34.0 Å². The van der Waals surface area contributed by atoms with Crippen LogP contribution in [0.4, 0.5) is 28.9 Å². The Morgan fingerprint density at radius 1 is 0.846 bits per heavy atom. The molecular formula is C41H33F4N4O3+. The highest BCUT2D eigenvalue weighted by atomic mass is 19.4. The second kappa shape index (κ2) is 14.6. The highest BCUT2D eigenvalue weighted by Crippen LogP contribution is 2.47. The summed E-state index contributed by atoms with van der Waals surface area (Å²) in [7, 11) is 3.04. The van der Waals surface area contributed by atoms with E-state index in [-0.39, 0.29) is 23.8 Å². The average Bonchev–Trinajstić information content (AvgIpc) is 3.16. The van der Waals surface area contributed by atoms with Crippen molar-refractivity contribution in [3.05, 3.63) is 149 Å². The molecule has 0 bridgehead atoms. The highest BCUT2D eigenvalue weighted by molar-refractivity contribution is 5.94. The van der Waals surface area contributed by atoms with Crippen LogP contribution in [0, 0.1) is 29.0 Å². The largest absolute Gasteiger partial charge is 0.497 e. The van der Waals surface area contributed by atoms with Crippen LogP contribution in [-0.4, -0.2) is 37.4 Å². The molecule has 0 amide bonds. The van der Waals surface area contributed by atoms with Crippen molar-refractivity contribution in [1.29, 1.82) is 5.26 Å². The number of nitriles is 1. The van der Waals surface area contributed by atoms with E-state index < -0.39 is 34.5 Å². The van der Waals surface area contributed by atoms with Crippen LogP contribution in [0.15, 0.2) is 120 Å². The lowest BCUT2D eigenvalue weighted by molar-refractivity contribution is -0.165. The second-order valence-electron chi connectivity index (χ2n) is 12.3. The Balaban J connectivity index is 1.55. The summed E-state index contributed by atoms with van der Waals surface area (Å²) in [5.41, 5.74) is 0.920. The van der Waals surface area contributed by atoms with E-state index in [9.17, 15) is 13.2 Å². The molecule has 1 aliphatic rings. The number of benzene rings is 4. The molecule has 2 atom stereocenters. The van der Waals surface area contributed by atoms with Crippen molar-refractivity contribution >= 4 is 17.4 Å². The second-order valence-corrected chi connectivity index (χ2v) is 12.3. The standard InChI is InChI=1S/C41H33F4N4O3/c1-40(36-23-28(12-22-37(36)42)9-10-29-11-13-31(25-46)47-26-29)24-38(41(43,44)45)48-39(52-40)49(27-30-7-5-4-6-8-30,32-14-18-34(50-2)19-15-32)33-16-20-35(51-3)21-17-33/h4-8,11-23,26,38H,24,27H2,1-3H3/q+1/t38-,40-/m0/s1. The minimum atomic E-state index is -4.80. The number of hydrogen-bond acceptors (Lipinski definition) is 6. The van der Waals surface area contributed by atoms with Crippen LogP contribution >= 0.6 is 0 Å². The molecule has 0 spiro atoms. The number of halogens is 4. The predicted octanol–water partition coefficient (Wildman–Crippen LogP) is 8.97. The number of quaternary nitrogens is 1. The zero-order chi connectivity index (χ0) is 36.9. The van der Waals surface area contributed by atoms with Gasteiger partial charge < -0.3 is 14.2 Å². The van der Waals surface area contributed by atoms with Crippen molar-refractivity contribution in [2.75, 3.05) is 14.2 Å². The third kappa shape index (κ3) is 7.32. The summed E-state index contributed by atoms with van der Waals surface area (Å²) in [6.07, 6.45) is -4.06. The van der Waals surface area contributed by atoms with E-state index >= 15 is 4.39 Å². The van der Waals surface area contributed by atoms with Gasteiger partial charge in [-0.3, -0.25) is 0 Å². The quantitative estimate of drug-likeness (QED) is 0.0960. The molecular weight excluding hydrogens is 672 g/mol. The molecule has 0 unspecified atom stereocenters. The molecule has 2 heterocycles. The van der Waals surface area contributed by atoms with Crippen LogP contribution in [0.25, 0.3) is 0 Å². The van der Waals surface area contributed by atoms with Gasteiger partial charge in [-0.05, 0) is 61.5 Å². The van der Waals surface area contributed by atoms with Crippen LogP contribution in [0.3, 0.4) is 0 Å². The van der Waals surface area contributed by atoms with Gasteiger partial charge in [-0.2, -0.15) is 27.9 Å². The summed E-state index contributed by atoms with van der Waals surface area (Å²) in [4.78, 5) is 8.33. The van der Waals surface area contributed by atoms with Crippen molar-refractivity contribution in [2.45, 2.75) is 37.7 Å². The molecule has 0 N–H and O–H groups in total. The fourth-order valence-electron chi connectivity index (χ4n) is 6.19. The Hall–Kier alpha value is -6.17. The number of aromatic nitrogens is 1. The van der Waals surface area contributed by atoms with Crippen LogP contribution in [0.2, 0.25) is 0 Å². The fraction of sp³-hybridized carbons (Fsp3) is 0.195. The first kappa shape index (κ1) is 35.6. The van der Waals surface area contributed by atoms with Gasteiger partial charge in [-0.1, -0.05) is 42.2 Å². The zero-order valence-corrected chi connectivity index (χ0v) is 28.5. The maximum Gasteiger partial charge on any atom is 0.411 e. The van der Waals surface area contributed by atoms with Crippen LogP contribution in [0.1, 0.15) is 41.3 Å². The van der Waals surface area contributed by atoms with E-state index in [1.807, 2.05) is 36.4 Å². The summed E-state index contributed by atoms with van der Waals surface area (Å²) < 4.78 is 78.0. The maximum absolute atomic E-state index is 15.9. The van der Waals surface area contributed by atoms with Gasteiger partial charge in [0.2, 0.25) is 0 Å². The lowest BCUT2D eigenvalue weighted by atomic mass is 9.86.